The Hall–Kier alpha value is -1.69. The van der Waals surface area contributed by atoms with Crippen molar-refractivity contribution in [3.05, 3.63) is 12.2 Å². The van der Waals surface area contributed by atoms with Gasteiger partial charge in [0, 0.05) is 24.3 Å². The smallest absolute Gasteiger partial charge is 0.334 e. The first kappa shape index (κ1) is 19.1. The fraction of sp³-hybridized carbons (Fsp3) is 0.750. The van der Waals surface area contributed by atoms with Crippen LogP contribution in [0.15, 0.2) is 12.2 Å². The monoisotopic (exact) mass is 364 g/mol. The minimum atomic E-state index is -1.41. The van der Waals surface area contributed by atoms with Gasteiger partial charge in [-0.3, -0.25) is 9.59 Å². The molecule has 0 aromatic rings. The summed E-state index contributed by atoms with van der Waals surface area (Å²) in [5, 5.41) is 11.6. The van der Waals surface area contributed by atoms with Gasteiger partial charge in [-0.15, -0.1) is 0 Å². The summed E-state index contributed by atoms with van der Waals surface area (Å²) in [7, 11) is 0. The lowest BCUT2D eigenvalue weighted by Crippen LogP contribution is -2.60. The summed E-state index contributed by atoms with van der Waals surface area (Å²) in [5.74, 6) is -1.50. The van der Waals surface area contributed by atoms with E-state index in [-0.39, 0.29) is 43.0 Å². The minimum absolute atomic E-state index is 0.128. The maximum Gasteiger partial charge on any atom is 0.334 e. The van der Waals surface area contributed by atoms with Crippen molar-refractivity contribution in [3.63, 3.8) is 0 Å². The fourth-order valence-electron chi connectivity index (χ4n) is 5.00. The molecule has 1 N–H and O–H groups in total. The van der Waals surface area contributed by atoms with E-state index in [1.807, 2.05) is 20.8 Å². The van der Waals surface area contributed by atoms with Gasteiger partial charge in [-0.2, -0.15) is 0 Å². The van der Waals surface area contributed by atoms with Crippen molar-refractivity contribution in [2.45, 2.75) is 64.6 Å². The Morgan fingerprint density at radius 3 is 2.73 bits per heavy atom. The Labute approximate surface area is 153 Å². The van der Waals surface area contributed by atoms with Gasteiger partial charge in [-0.25, -0.2) is 4.79 Å². The molecule has 3 aliphatic rings. The number of hydrogen-bond donors (Lipinski definition) is 1. The van der Waals surface area contributed by atoms with Gasteiger partial charge >= 0.3 is 11.9 Å². The minimum Gasteiger partial charge on any atom is -0.464 e. The van der Waals surface area contributed by atoms with Gasteiger partial charge in [0.05, 0.1) is 5.60 Å². The molecule has 2 saturated carbocycles. The predicted octanol–water partition coefficient (Wildman–Crippen LogP) is 2.18. The van der Waals surface area contributed by atoms with Gasteiger partial charge in [0.2, 0.25) is 0 Å². The van der Waals surface area contributed by atoms with E-state index in [0.717, 1.165) is 0 Å². The number of hydrogen-bond acceptors (Lipinski definition) is 6. The lowest BCUT2D eigenvalue weighted by atomic mass is 9.64. The summed E-state index contributed by atoms with van der Waals surface area (Å²) in [6.07, 6.45) is 1.17. The molecule has 26 heavy (non-hydrogen) atoms. The van der Waals surface area contributed by atoms with Crippen molar-refractivity contribution in [1.82, 2.24) is 0 Å². The Morgan fingerprint density at radius 1 is 1.38 bits per heavy atom. The molecule has 0 bridgehead atoms. The first-order chi connectivity index (χ1) is 12.1. The normalized spacial score (nSPS) is 39.4. The van der Waals surface area contributed by atoms with Crippen molar-refractivity contribution >= 4 is 17.7 Å². The number of carbonyl (C=O) groups excluding carboxylic acids is 3. The third-order valence-electron chi connectivity index (χ3n) is 6.56. The first-order valence-electron chi connectivity index (χ1n) is 9.44. The van der Waals surface area contributed by atoms with E-state index in [1.165, 1.54) is 0 Å². The molecule has 144 valence electrons. The second kappa shape index (κ2) is 6.48. The molecule has 1 heterocycles. The van der Waals surface area contributed by atoms with Gasteiger partial charge in [0.15, 0.2) is 0 Å². The lowest BCUT2D eigenvalue weighted by molar-refractivity contribution is -0.191. The van der Waals surface area contributed by atoms with E-state index >= 15 is 0 Å². The summed E-state index contributed by atoms with van der Waals surface area (Å²) in [6, 6.07) is 0. The van der Waals surface area contributed by atoms with Crippen LogP contribution in [0.1, 0.15) is 52.9 Å². The van der Waals surface area contributed by atoms with Gasteiger partial charge in [-0.05, 0) is 31.1 Å². The van der Waals surface area contributed by atoms with E-state index in [1.54, 1.807) is 0 Å². The maximum atomic E-state index is 13.1. The van der Waals surface area contributed by atoms with Crippen molar-refractivity contribution in [2.24, 2.45) is 23.2 Å². The number of ketones is 1. The summed E-state index contributed by atoms with van der Waals surface area (Å²) in [4.78, 5) is 37.3. The van der Waals surface area contributed by atoms with Crippen molar-refractivity contribution < 1.29 is 29.0 Å². The van der Waals surface area contributed by atoms with Crippen LogP contribution >= 0.6 is 0 Å². The number of aliphatic hydroxyl groups is 1. The molecule has 0 aromatic carbocycles. The van der Waals surface area contributed by atoms with Crippen LogP contribution in [0.3, 0.4) is 0 Å². The second-order valence-corrected chi connectivity index (χ2v) is 8.51. The molecule has 5 atom stereocenters. The van der Waals surface area contributed by atoms with E-state index < -0.39 is 29.1 Å². The van der Waals surface area contributed by atoms with Gasteiger partial charge in [0.1, 0.15) is 23.9 Å². The standard InChI is InChI=1S/C20H28O6/c1-11(2)9-16(22)25-10-19-15(21)7-8-20(19,24)12(3)5-6-14-13(4)18(23)26-17(14)19/h11-12,14,17,24H,4-10H2,1-3H3. The van der Waals surface area contributed by atoms with Crippen LogP contribution in [0.2, 0.25) is 0 Å². The average Bonchev–Trinajstić information content (AvgIpc) is 2.96. The molecule has 6 heteroatoms. The first-order valence-corrected chi connectivity index (χ1v) is 9.44. The predicted molar refractivity (Wildman–Crippen MR) is 92.9 cm³/mol. The molecular weight excluding hydrogens is 336 g/mol. The largest absolute Gasteiger partial charge is 0.464 e. The third-order valence-corrected chi connectivity index (χ3v) is 6.56. The number of fused-ring (bicyclic) bond motifs is 3. The number of Topliss-reactive ketones (excluding diaryl/α,β-unsaturated/α-hetero) is 1. The quantitative estimate of drug-likeness (QED) is 0.607. The highest BCUT2D eigenvalue weighted by atomic mass is 16.6. The Bertz CT molecular complexity index is 653. The van der Waals surface area contributed by atoms with Crippen LogP contribution in [-0.4, -0.2) is 41.1 Å². The second-order valence-electron chi connectivity index (χ2n) is 8.51. The van der Waals surface area contributed by atoms with E-state index in [0.29, 0.717) is 24.8 Å². The van der Waals surface area contributed by atoms with Gasteiger partial charge < -0.3 is 14.6 Å². The van der Waals surface area contributed by atoms with E-state index in [9.17, 15) is 19.5 Å². The summed E-state index contributed by atoms with van der Waals surface area (Å²) in [6.45, 7) is 9.31. The fourth-order valence-corrected chi connectivity index (χ4v) is 5.00. The van der Waals surface area contributed by atoms with Crippen LogP contribution in [0.4, 0.5) is 0 Å². The van der Waals surface area contributed by atoms with Gasteiger partial charge in [-0.1, -0.05) is 27.4 Å². The highest BCUT2D eigenvalue weighted by Gasteiger charge is 2.71. The maximum absolute atomic E-state index is 13.1. The summed E-state index contributed by atoms with van der Waals surface area (Å²) >= 11 is 0. The summed E-state index contributed by atoms with van der Waals surface area (Å²) in [5.41, 5.74) is -2.42. The Kier molecular flexibility index (Phi) is 4.76. The van der Waals surface area contributed by atoms with Crippen molar-refractivity contribution in [2.75, 3.05) is 6.61 Å². The lowest BCUT2D eigenvalue weighted by Gasteiger charge is -2.45. The van der Waals surface area contributed by atoms with Crippen molar-refractivity contribution in [1.29, 1.82) is 0 Å². The highest BCUT2D eigenvalue weighted by Crippen LogP contribution is 2.59. The molecule has 2 aliphatic carbocycles. The molecule has 6 nitrogen and oxygen atoms in total. The number of carbonyl (C=O) groups is 3. The number of rotatable bonds is 4. The van der Waals surface area contributed by atoms with Crippen LogP contribution in [-0.2, 0) is 23.9 Å². The van der Waals surface area contributed by atoms with E-state index in [4.69, 9.17) is 9.47 Å². The molecule has 0 amide bonds. The average molecular weight is 364 g/mol. The highest BCUT2D eigenvalue weighted by molar-refractivity contribution is 5.95. The van der Waals surface area contributed by atoms with Crippen LogP contribution in [0, 0.1) is 23.2 Å². The molecule has 3 fully saturated rings. The SMILES string of the molecule is C=C1C(=O)OC2C1CCC(C)C1(O)CCC(=O)C21COC(=O)CC(C)C. The molecule has 1 saturated heterocycles. The topological polar surface area (TPSA) is 89.9 Å². The molecule has 0 radical (unpaired) electrons. The van der Waals surface area contributed by atoms with Crippen molar-refractivity contribution in [3.8, 4) is 0 Å². The molecule has 1 aliphatic heterocycles. The van der Waals surface area contributed by atoms with E-state index in [2.05, 4.69) is 6.58 Å². The Morgan fingerprint density at radius 2 is 2.08 bits per heavy atom. The molecular formula is C20H28O6. The summed E-state index contributed by atoms with van der Waals surface area (Å²) < 4.78 is 11.0. The zero-order valence-corrected chi connectivity index (χ0v) is 15.7. The Balaban J connectivity index is 2.01. The molecule has 0 spiro atoms. The number of ether oxygens (including phenoxy) is 2. The van der Waals surface area contributed by atoms with Crippen LogP contribution in [0.25, 0.3) is 0 Å². The number of esters is 2. The van der Waals surface area contributed by atoms with Crippen LogP contribution < -0.4 is 0 Å². The van der Waals surface area contributed by atoms with Crippen LogP contribution in [0.5, 0.6) is 0 Å². The zero-order valence-electron chi connectivity index (χ0n) is 15.7. The zero-order chi connectivity index (χ0) is 19.3. The molecule has 0 aromatic heterocycles. The molecule has 5 unspecified atom stereocenters. The third kappa shape index (κ3) is 2.61. The molecule has 3 rings (SSSR count). The van der Waals surface area contributed by atoms with Gasteiger partial charge in [0.25, 0.3) is 0 Å².